The summed E-state index contributed by atoms with van der Waals surface area (Å²) in [5, 5.41) is 5.07. The second kappa shape index (κ2) is 6.49. The standard InChI is InChI=1S/C23H16N2OS/c26-23-21-20(17-7-2-1-3-8-17)14-27-22(21)24-15-25(23)13-18-11-6-10-16-9-4-5-12-19(16)18/h1-12,14-15H,13H2. The first-order chi connectivity index (χ1) is 13.3. The number of rotatable bonds is 3. The Morgan fingerprint density at radius 3 is 2.56 bits per heavy atom. The SMILES string of the molecule is O=c1c2c(-c3ccccc3)csc2ncn1Cc1cccc2ccccc12. The minimum Gasteiger partial charge on any atom is -0.294 e. The molecule has 0 atom stereocenters. The van der Waals surface area contributed by atoms with Crippen LogP contribution in [-0.4, -0.2) is 9.55 Å². The lowest BCUT2D eigenvalue weighted by Gasteiger charge is -2.09. The van der Waals surface area contributed by atoms with Crippen LogP contribution in [0.5, 0.6) is 0 Å². The molecule has 3 aromatic carbocycles. The Labute approximate surface area is 160 Å². The van der Waals surface area contributed by atoms with Crippen LogP contribution in [0.1, 0.15) is 5.56 Å². The van der Waals surface area contributed by atoms with Crippen molar-refractivity contribution in [3.05, 3.63) is 100 Å². The van der Waals surface area contributed by atoms with Gasteiger partial charge >= 0.3 is 0 Å². The average molecular weight is 368 g/mol. The van der Waals surface area contributed by atoms with Crippen LogP contribution in [0.15, 0.2) is 89.3 Å². The third kappa shape index (κ3) is 2.75. The quantitative estimate of drug-likeness (QED) is 0.432. The summed E-state index contributed by atoms with van der Waals surface area (Å²) in [5.41, 5.74) is 3.13. The summed E-state index contributed by atoms with van der Waals surface area (Å²) < 4.78 is 1.71. The molecule has 0 aliphatic rings. The third-order valence-electron chi connectivity index (χ3n) is 4.87. The third-order valence-corrected chi connectivity index (χ3v) is 5.75. The predicted octanol–water partition coefficient (Wildman–Crippen LogP) is 5.33. The smallest absolute Gasteiger partial charge is 0.263 e. The topological polar surface area (TPSA) is 34.9 Å². The molecule has 0 aliphatic heterocycles. The van der Waals surface area contributed by atoms with Crippen LogP contribution in [0.4, 0.5) is 0 Å². The van der Waals surface area contributed by atoms with E-state index >= 15 is 0 Å². The molecule has 0 aliphatic carbocycles. The van der Waals surface area contributed by atoms with E-state index in [2.05, 4.69) is 29.2 Å². The Bertz CT molecular complexity index is 1310. The van der Waals surface area contributed by atoms with E-state index in [4.69, 9.17) is 0 Å². The molecule has 0 amide bonds. The lowest BCUT2D eigenvalue weighted by Crippen LogP contribution is -2.21. The molecule has 0 radical (unpaired) electrons. The molecule has 4 heteroatoms. The highest BCUT2D eigenvalue weighted by Crippen LogP contribution is 2.30. The molecule has 27 heavy (non-hydrogen) atoms. The van der Waals surface area contributed by atoms with E-state index in [1.54, 1.807) is 10.9 Å². The van der Waals surface area contributed by atoms with Gasteiger partial charge < -0.3 is 0 Å². The van der Waals surface area contributed by atoms with E-state index < -0.39 is 0 Å². The summed E-state index contributed by atoms with van der Waals surface area (Å²) in [6, 6.07) is 24.5. The predicted molar refractivity (Wildman–Crippen MR) is 112 cm³/mol. The molecule has 0 fully saturated rings. The van der Waals surface area contributed by atoms with Crippen LogP contribution >= 0.6 is 11.3 Å². The highest BCUT2D eigenvalue weighted by molar-refractivity contribution is 7.17. The van der Waals surface area contributed by atoms with Crippen LogP contribution in [0.3, 0.4) is 0 Å². The van der Waals surface area contributed by atoms with E-state index in [0.29, 0.717) is 11.9 Å². The molecule has 2 heterocycles. The number of hydrogen-bond acceptors (Lipinski definition) is 3. The molecule has 0 spiro atoms. The minimum atomic E-state index is 0.00744. The zero-order valence-electron chi connectivity index (χ0n) is 14.5. The molecular formula is C23H16N2OS. The van der Waals surface area contributed by atoms with Gasteiger partial charge in [0.1, 0.15) is 4.83 Å². The van der Waals surface area contributed by atoms with E-state index in [1.165, 1.54) is 22.1 Å². The monoisotopic (exact) mass is 368 g/mol. The number of fused-ring (bicyclic) bond motifs is 2. The number of nitrogens with zero attached hydrogens (tertiary/aromatic N) is 2. The molecule has 5 aromatic rings. The van der Waals surface area contributed by atoms with Gasteiger partial charge in [-0.05, 0) is 21.9 Å². The van der Waals surface area contributed by atoms with Gasteiger partial charge in [0, 0.05) is 10.9 Å². The van der Waals surface area contributed by atoms with Gasteiger partial charge in [-0.15, -0.1) is 11.3 Å². The largest absolute Gasteiger partial charge is 0.294 e. The fourth-order valence-corrected chi connectivity index (χ4v) is 4.43. The van der Waals surface area contributed by atoms with Crippen molar-refractivity contribution in [3.63, 3.8) is 0 Å². The maximum atomic E-state index is 13.3. The first-order valence-corrected chi connectivity index (χ1v) is 9.68. The van der Waals surface area contributed by atoms with Gasteiger partial charge in [0.15, 0.2) is 0 Å². The van der Waals surface area contributed by atoms with E-state index in [9.17, 15) is 4.79 Å². The van der Waals surface area contributed by atoms with Crippen molar-refractivity contribution in [1.82, 2.24) is 9.55 Å². The maximum Gasteiger partial charge on any atom is 0.263 e. The van der Waals surface area contributed by atoms with Crippen LogP contribution < -0.4 is 5.56 Å². The normalized spacial score (nSPS) is 11.3. The summed E-state index contributed by atoms with van der Waals surface area (Å²) >= 11 is 1.52. The molecule has 0 saturated heterocycles. The molecule has 0 unspecified atom stereocenters. The Kier molecular flexibility index (Phi) is 3.84. The van der Waals surface area contributed by atoms with Crippen LogP contribution in [-0.2, 0) is 6.54 Å². The summed E-state index contributed by atoms with van der Waals surface area (Å²) in [4.78, 5) is 18.6. The van der Waals surface area contributed by atoms with Crippen molar-refractivity contribution in [2.24, 2.45) is 0 Å². The Balaban J connectivity index is 1.66. The van der Waals surface area contributed by atoms with E-state index in [1.807, 2.05) is 53.9 Å². The zero-order chi connectivity index (χ0) is 18.2. The van der Waals surface area contributed by atoms with Crippen molar-refractivity contribution in [1.29, 1.82) is 0 Å². The fraction of sp³-hybridized carbons (Fsp3) is 0.0435. The Hall–Kier alpha value is -3.24. The number of hydrogen-bond donors (Lipinski definition) is 0. The van der Waals surface area contributed by atoms with Crippen molar-refractivity contribution in [3.8, 4) is 11.1 Å². The first-order valence-electron chi connectivity index (χ1n) is 8.80. The van der Waals surface area contributed by atoms with Gasteiger partial charge in [-0.1, -0.05) is 72.8 Å². The molecule has 0 saturated carbocycles. The van der Waals surface area contributed by atoms with E-state index in [0.717, 1.165) is 21.5 Å². The average Bonchev–Trinajstić information content (AvgIpc) is 3.16. The highest BCUT2D eigenvalue weighted by Gasteiger charge is 2.13. The van der Waals surface area contributed by atoms with Gasteiger partial charge in [-0.25, -0.2) is 4.98 Å². The molecular weight excluding hydrogens is 352 g/mol. The van der Waals surface area contributed by atoms with Gasteiger partial charge in [0.25, 0.3) is 5.56 Å². The van der Waals surface area contributed by atoms with Crippen molar-refractivity contribution < 1.29 is 0 Å². The van der Waals surface area contributed by atoms with Gasteiger partial charge in [0.05, 0.1) is 18.3 Å². The van der Waals surface area contributed by atoms with Crippen molar-refractivity contribution in [2.45, 2.75) is 6.54 Å². The second-order valence-corrected chi connectivity index (χ2v) is 7.37. The van der Waals surface area contributed by atoms with Gasteiger partial charge in [0.2, 0.25) is 0 Å². The molecule has 5 rings (SSSR count). The summed E-state index contributed by atoms with van der Waals surface area (Å²) in [6.07, 6.45) is 1.66. The molecule has 3 nitrogen and oxygen atoms in total. The first kappa shape index (κ1) is 16.0. The zero-order valence-corrected chi connectivity index (χ0v) is 15.3. The molecule has 130 valence electrons. The fourth-order valence-electron chi connectivity index (χ4n) is 3.52. The summed E-state index contributed by atoms with van der Waals surface area (Å²) in [5.74, 6) is 0. The Morgan fingerprint density at radius 1 is 0.889 bits per heavy atom. The number of aromatic nitrogens is 2. The second-order valence-electron chi connectivity index (χ2n) is 6.51. The van der Waals surface area contributed by atoms with E-state index in [-0.39, 0.29) is 5.56 Å². The van der Waals surface area contributed by atoms with Crippen molar-refractivity contribution >= 4 is 32.3 Å². The summed E-state index contributed by atoms with van der Waals surface area (Å²) in [7, 11) is 0. The molecule has 0 bridgehead atoms. The minimum absolute atomic E-state index is 0.00744. The van der Waals surface area contributed by atoms with Gasteiger partial charge in [-0.3, -0.25) is 9.36 Å². The molecule has 0 N–H and O–H groups in total. The Morgan fingerprint density at radius 2 is 1.67 bits per heavy atom. The van der Waals surface area contributed by atoms with Crippen molar-refractivity contribution in [2.75, 3.05) is 0 Å². The lowest BCUT2D eigenvalue weighted by molar-refractivity contribution is 0.754. The summed E-state index contributed by atoms with van der Waals surface area (Å²) in [6.45, 7) is 0.507. The maximum absolute atomic E-state index is 13.3. The lowest BCUT2D eigenvalue weighted by atomic mass is 10.0. The van der Waals surface area contributed by atoms with Crippen LogP contribution in [0.25, 0.3) is 32.1 Å². The van der Waals surface area contributed by atoms with Gasteiger partial charge in [-0.2, -0.15) is 0 Å². The van der Waals surface area contributed by atoms with Crippen LogP contribution in [0, 0.1) is 0 Å². The number of thiophene rings is 1. The number of benzene rings is 3. The molecule has 2 aromatic heterocycles. The highest BCUT2D eigenvalue weighted by atomic mass is 32.1. The van der Waals surface area contributed by atoms with Crippen LogP contribution in [0.2, 0.25) is 0 Å².